The molecule has 0 saturated heterocycles. The van der Waals surface area contributed by atoms with Crippen LogP contribution in [0.25, 0.3) is 0 Å². The van der Waals surface area contributed by atoms with Crippen LogP contribution < -0.4 is 16.8 Å². The summed E-state index contributed by atoms with van der Waals surface area (Å²) in [6.45, 7) is 4.21. The van der Waals surface area contributed by atoms with Gasteiger partial charge in [0, 0.05) is 15.5 Å². The Bertz CT molecular complexity index is 974. The van der Waals surface area contributed by atoms with Crippen LogP contribution in [0.5, 0.6) is 0 Å². The highest BCUT2D eigenvalue weighted by molar-refractivity contribution is 7.99. The summed E-state index contributed by atoms with van der Waals surface area (Å²) in [4.78, 5) is 26.0. The summed E-state index contributed by atoms with van der Waals surface area (Å²) in [5.41, 5.74) is 14.3. The van der Waals surface area contributed by atoms with Crippen LogP contribution in [-0.4, -0.2) is 26.6 Å². The largest absolute Gasteiger partial charge is 0.368 e. The van der Waals surface area contributed by atoms with E-state index < -0.39 is 0 Å². The number of carbonyl (C=O) groups excluding carboxylic acids is 1. The molecule has 3 rings (SSSR count). The Labute approximate surface area is 171 Å². The zero-order chi connectivity index (χ0) is 20.1. The SMILES string of the molecule is Cc1ccc(Sc2ccc(NC(=O)CSc3nc(N)nc(N)n3)cc2)cc1C. The molecule has 7 nitrogen and oxygen atoms in total. The van der Waals surface area contributed by atoms with Gasteiger partial charge in [-0.1, -0.05) is 29.6 Å². The third-order valence-corrected chi connectivity index (χ3v) is 5.68. The molecule has 2 aromatic carbocycles. The standard InChI is InChI=1S/C19H20N6OS2/c1-11-3-6-15(9-12(11)2)28-14-7-4-13(5-8-14)22-16(26)10-27-19-24-17(20)23-18(21)25-19/h3-9H,10H2,1-2H3,(H,22,26)(H4,20,21,23,24,25). The van der Waals surface area contributed by atoms with E-state index in [0.29, 0.717) is 5.16 Å². The second-order valence-corrected chi connectivity index (χ2v) is 8.13. The van der Waals surface area contributed by atoms with E-state index in [0.717, 1.165) is 22.3 Å². The van der Waals surface area contributed by atoms with Gasteiger partial charge in [-0.2, -0.15) is 15.0 Å². The molecular formula is C19H20N6OS2. The number of anilines is 3. The van der Waals surface area contributed by atoms with Crippen molar-refractivity contribution in [1.29, 1.82) is 0 Å². The lowest BCUT2D eigenvalue weighted by Gasteiger charge is -2.08. The van der Waals surface area contributed by atoms with E-state index in [9.17, 15) is 4.79 Å². The molecule has 28 heavy (non-hydrogen) atoms. The lowest BCUT2D eigenvalue weighted by Crippen LogP contribution is -2.14. The van der Waals surface area contributed by atoms with Crippen LogP contribution in [0.15, 0.2) is 57.4 Å². The third kappa shape index (κ3) is 5.61. The first-order chi connectivity index (χ1) is 13.4. The topological polar surface area (TPSA) is 120 Å². The van der Waals surface area contributed by atoms with Crippen LogP contribution in [0.4, 0.5) is 17.6 Å². The Balaban J connectivity index is 1.54. The van der Waals surface area contributed by atoms with Crippen molar-refractivity contribution in [2.75, 3.05) is 22.5 Å². The van der Waals surface area contributed by atoms with Gasteiger partial charge < -0.3 is 16.8 Å². The minimum Gasteiger partial charge on any atom is -0.368 e. The zero-order valence-electron chi connectivity index (χ0n) is 15.5. The molecular weight excluding hydrogens is 392 g/mol. The van der Waals surface area contributed by atoms with Crippen molar-refractivity contribution in [3.8, 4) is 0 Å². The highest BCUT2D eigenvalue weighted by atomic mass is 32.2. The smallest absolute Gasteiger partial charge is 0.234 e. The molecule has 1 heterocycles. The van der Waals surface area contributed by atoms with Gasteiger partial charge in [0.25, 0.3) is 0 Å². The minimum absolute atomic E-state index is 0.0345. The average Bonchev–Trinajstić information content (AvgIpc) is 2.64. The van der Waals surface area contributed by atoms with Crippen molar-refractivity contribution in [3.05, 3.63) is 53.6 Å². The maximum absolute atomic E-state index is 12.1. The molecule has 144 valence electrons. The van der Waals surface area contributed by atoms with Crippen molar-refractivity contribution in [3.63, 3.8) is 0 Å². The number of hydrogen-bond donors (Lipinski definition) is 3. The quantitative estimate of drug-likeness (QED) is 0.526. The minimum atomic E-state index is -0.169. The maximum Gasteiger partial charge on any atom is 0.234 e. The number of carbonyl (C=O) groups is 1. The van der Waals surface area contributed by atoms with Gasteiger partial charge >= 0.3 is 0 Å². The Kier molecular flexibility index (Phi) is 6.37. The molecule has 0 spiro atoms. The molecule has 0 atom stereocenters. The maximum atomic E-state index is 12.1. The van der Waals surface area contributed by atoms with Crippen LogP contribution in [0.2, 0.25) is 0 Å². The molecule has 5 N–H and O–H groups in total. The summed E-state index contributed by atoms with van der Waals surface area (Å²) in [6.07, 6.45) is 0. The highest BCUT2D eigenvalue weighted by Crippen LogP contribution is 2.29. The molecule has 0 fully saturated rings. The summed E-state index contributed by atoms with van der Waals surface area (Å²) >= 11 is 2.83. The van der Waals surface area contributed by atoms with Crippen LogP contribution in [0, 0.1) is 13.8 Å². The first kappa shape index (κ1) is 20.0. The molecule has 0 aliphatic heterocycles. The summed E-state index contributed by atoms with van der Waals surface area (Å²) in [6, 6.07) is 14.1. The van der Waals surface area contributed by atoms with E-state index in [2.05, 4.69) is 52.3 Å². The predicted molar refractivity (Wildman–Crippen MR) is 114 cm³/mol. The lowest BCUT2D eigenvalue weighted by atomic mass is 10.1. The molecule has 0 saturated carbocycles. The predicted octanol–water partition coefficient (Wildman–Crippen LogP) is 3.53. The molecule has 9 heteroatoms. The number of amides is 1. The van der Waals surface area contributed by atoms with Crippen LogP contribution in [0.3, 0.4) is 0 Å². The van der Waals surface area contributed by atoms with E-state index in [1.165, 1.54) is 16.0 Å². The van der Waals surface area contributed by atoms with Gasteiger partial charge in [0.1, 0.15) is 0 Å². The molecule has 1 aromatic heterocycles. The Hall–Kier alpha value is -2.78. The first-order valence-electron chi connectivity index (χ1n) is 8.44. The number of hydrogen-bond acceptors (Lipinski definition) is 8. The van der Waals surface area contributed by atoms with Gasteiger partial charge in [-0.3, -0.25) is 4.79 Å². The van der Waals surface area contributed by atoms with Gasteiger partial charge in [0.15, 0.2) is 5.16 Å². The summed E-state index contributed by atoms with van der Waals surface area (Å²) in [5.74, 6) is 0.0406. The number of aryl methyl sites for hydroxylation is 2. The fourth-order valence-corrected chi connectivity index (χ4v) is 3.86. The van der Waals surface area contributed by atoms with Crippen molar-refractivity contribution < 1.29 is 4.79 Å². The molecule has 0 radical (unpaired) electrons. The van der Waals surface area contributed by atoms with Gasteiger partial charge in [0.05, 0.1) is 5.75 Å². The average molecular weight is 413 g/mol. The Morgan fingerprint density at radius 2 is 1.57 bits per heavy atom. The van der Waals surface area contributed by atoms with E-state index in [-0.39, 0.29) is 23.6 Å². The second kappa shape index (κ2) is 8.94. The number of nitrogen functional groups attached to an aromatic ring is 2. The van der Waals surface area contributed by atoms with E-state index in [4.69, 9.17) is 11.5 Å². The fraction of sp³-hybridized carbons (Fsp3) is 0.158. The van der Waals surface area contributed by atoms with Gasteiger partial charge in [-0.25, -0.2) is 0 Å². The molecule has 0 aliphatic rings. The van der Waals surface area contributed by atoms with E-state index in [1.54, 1.807) is 11.8 Å². The van der Waals surface area contributed by atoms with Crippen LogP contribution in [-0.2, 0) is 4.79 Å². The normalized spacial score (nSPS) is 10.6. The van der Waals surface area contributed by atoms with Gasteiger partial charge in [-0.05, 0) is 61.4 Å². The fourth-order valence-electron chi connectivity index (χ4n) is 2.30. The lowest BCUT2D eigenvalue weighted by molar-refractivity contribution is -0.113. The summed E-state index contributed by atoms with van der Waals surface area (Å²) < 4.78 is 0. The number of rotatable bonds is 6. The Morgan fingerprint density at radius 3 is 2.21 bits per heavy atom. The highest BCUT2D eigenvalue weighted by Gasteiger charge is 2.08. The zero-order valence-corrected chi connectivity index (χ0v) is 17.1. The second-order valence-electron chi connectivity index (χ2n) is 6.04. The van der Waals surface area contributed by atoms with Crippen molar-refractivity contribution >= 4 is 47.0 Å². The molecule has 3 aromatic rings. The number of nitrogens with two attached hydrogens (primary N) is 2. The third-order valence-electron chi connectivity index (χ3n) is 3.83. The number of nitrogens with one attached hydrogen (secondary N) is 1. The van der Waals surface area contributed by atoms with Gasteiger partial charge in [-0.15, -0.1) is 0 Å². The number of nitrogens with zero attached hydrogens (tertiary/aromatic N) is 3. The number of benzene rings is 2. The van der Waals surface area contributed by atoms with Crippen LogP contribution in [0.1, 0.15) is 11.1 Å². The molecule has 0 bridgehead atoms. The van der Waals surface area contributed by atoms with E-state index in [1.807, 2.05) is 24.3 Å². The first-order valence-corrected chi connectivity index (χ1v) is 10.2. The number of thioether (sulfide) groups is 1. The monoisotopic (exact) mass is 412 g/mol. The molecule has 0 unspecified atom stereocenters. The Morgan fingerprint density at radius 1 is 0.929 bits per heavy atom. The van der Waals surface area contributed by atoms with Gasteiger partial charge in [0.2, 0.25) is 17.8 Å². The molecule has 1 amide bonds. The summed E-state index contributed by atoms with van der Waals surface area (Å²) in [5, 5.41) is 3.17. The summed E-state index contributed by atoms with van der Waals surface area (Å²) in [7, 11) is 0. The van der Waals surface area contributed by atoms with Crippen molar-refractivity contribution in [2.45, 2.75) is 28.8 Å². The molecule has 0 aliphatic carbocycles. The van der Waals surface area contributed by atoms with E-state index >= 15 is 0 Å². The van der Waals surface area contributed by atoms with Crippen molar-refractivity contribution in [2.24, 2.45) is 0 Å². The van der Waals surface area contributed by atoms with Crippen molar-refractivity contribution in [1.82, 2.24) is 15.0 Å². The number of aromatic nitrogens is 3. The van der Waals surface area contributed by atoms with Crippen LogP contribution >= 0.6 is 23.5 Å².